The minimum absolute atomic E-state index is 0.0622. The third kappa shape index (κ3) is 5.35. The molecule has 0 saturated carbocycles. The van der Waals surface area contributed by atoms with Crippen LogP contribution in [0.25, 0.3) is 11.3 Å². The maximum atomic E-state index is 5.99. The molecule has 1 aromatic heterocycles. The molecule has 1 heterocycles. The van der Waals surface area contributed by atoms with E-state index in [1.807, 2.05) is 32.9 Å². The van der Waals surface area contributed by atoms with Crippen molar-refractivity contribution in [2.45, 2.75) is 59.7 Å². The normalized spacial score (nSPS) is 11.2. The van der Waals surface area contributed by atoms with Gasteiger partial charge in [0.05, 0.1) is 23.8 Å². The van der Waals surface area contributed by atoms with Crippen molar-refractivity contribution >= 4 is 31.9 Å². The minimum atomic E-state index is 0.0622. The topological polar surface area (TPSA) is 53.5 Å². The molecular formula is C20H26Br2N2O3. The summed E-state index contributed by atoms with van der Waals surface area (Å²) in [4.78, 5) is 9.32. The van der Waals surface area contributed by atoms with Crippen molar-refractivity contribution in [2.75, 3.05) is 7.11 Å². The lowest BCUT2D eigenvalue weighted by atomic mass is 10.1. The van der Waals surface area contributed by atoms with E-state index < -0.39 is 0 Å². The smallest absolute Gasteiger partial charge is 0.236 e. The molecule has 0 unspecified atom stereocenters. The molecule has 0 aliphatic rings. The van der Waals surface area contributed by atoms with Gasteiger partial charge in [0.2, 0.25) is 5.88 Å². The van der Waals surface area contributed by atoms with Crippen molar-refractivity contribution in [1.82, 2.24) is 9.97 Å². The molecule has 0 spiro atoms. The summed E-state index contributed by atoms with van der Waals surface area (Å²) < 4.78 is 18.8. The minimum Gasteiger partial charge on any atom is -0.496 e. The molecule has 1 aromatic carbocycles. The molecule has 0 amide bonds. The number of hydrogen-bond acceptors (Lipinski definition) is 5. The lowest BCUT2D eigenvalue weighted by molar-refractivity contribution is 0.182. The van der Waals surface area contributed by atoms with E-state index in [4.69, 9.17) is 19.2 Å². The van der Waals surface area contributed by atoms with Crippen LogP contribution in [-0.2, 0) is 0 Å². The van der Waals surface area contributed by atoms with E-state index in [0.717, 1.165) is 34.3 Å². The number of ether oxygens (including phenoxy) is 3. The largest absolute Gasteiger partial charge is 0.496 e. The van der Waals surface area contributed by atoms with E-state index in [-0.39, 0.29) is 12.2 Å². The van der Waals surface area contributed by atoms with Gasteiger partial charge in [0.1, 0.15) is 27.5 Å². The molecule has 2 aromatic rings. The van der Waals surface area contributed by atoms with Gasteiger partial charge in [-0.3, -0.25) is 0 Å². The molecule has 0 aliphatic carbocycles. The average Bonchev–Trinajstić information content (AvgIpc) is 2.63. The predicted molar refractivity (Wildman–Crippen MR) is 115 cm³/mol. The Morgan fingerprint density at radius 3 is 2.22 bits per heavy atom. The van der Waals surface area contributed by atoms with Gasteiger partial charge >= 0.3 is 0 Å². The molecule has 5 nitrogen and oxygen atoms in total. The Morgan fingerprint density at radius 2 is 1.67 bits per heavy atom. The molecule has 0 bridgehead atoms. The summed E-state index contributed by atoms with van der Waals surface area (Å²) in [5.74, 6) is 1.94. The number of rotatable bonds is 8. The van der Waals surface area contributed by atoms with Gasteiger partial charge in [0, 0.05) is 11.6 Å². The van der Waals surface area contributed by atoms with Crippen LogP contribution in [0.15, 0.2) is 21.2 Å². The summed E-state index contributed by atoms with van der Waals surface area (Å²) in [6.45, 7) is 10.1. The number of aromatic nitrogens is 2. The van der Waals surface area contributed by atoms with Gasteiger partial charge in [-0.25, -0.2) is 9.97 Å². The van der Waals surface area contributed by atoms with Gasteiger partial charge in [0.25, 0.3) is 0 Å². The second kappa shape index (κ2) is 9.73. The van der Waals surface area contributed by atoms with Gasteiger partial charge in [-0.15, -0.1) is 0 Å². The van der Waals surface area contributed by atoms with Gasteiger partial charge in [-0.2, -0.15) is 0 Å². The quantitative estimate of drug-likeness (QED) is 0.422. The highest BCUT2D eigenvalue weighted by Gasteiger charge is 2.20. The van der Waals surface area contributed by atoms with Crippen molar-refractivity contribution in [3.63, 3.8) is 0 Å². The maximum Gasteiger partial charge on any atom is 0.236 e. The van der Waals surface area contributed by atoms with Crippen LogP contribution in [0, 0.1) is 6.92 Å². The average molecular weight is 502 g/mol. The van der Waals surface area contributed by atoms with E-state index in [9.17, 15) is 0 Å². The van der Waals surface area contributed by atoms with Crippen LogP contribution in [0.4, 0.5) is 0 Å². The molecule has 0 saturated heterocycles. The fourth-order valence-electron chi connectivity index (χ4n) is 2.61. The molecule has 2 rings (SSSR count). The van der Waals surface area contributed by atoms with Crippen molar-refractivity contribution in [3.05, 3.63) is 26.9 Å². The Labute approximate surface area is 178 Å². The van der Waals surface area contributed by atoms with Crippen LogP contribution in [0.5, 0.6) is 17.4 Å². The first kappa shape index (κ1) is 22.0. The monoisotopic (exact) mass is 500 g/mol. The van der Waals surface area contributed by atoms with E-state index in [0.29, 0.717) is 21.9 Å². The van der Waals surface area contributed by atoms with E-state index in [1.54, 1.807) is 7.11 Å². The third-order valence-corrected chi connectivity index (χ3v) is 5.22. The SMILES string of the molecule is CCC(CC)Oc1nc(Br)c(-c2cc(Br)c(OC(C)C)cc2OC)nc1C. The van der Waals surface area contributed by atoms with Crippen molar-refractivity contribution in [2.24, 2.45) is 0 Å². The van der Waals surface area contributed by atoms with Crippen molar-refractivity contribution in [3.8, 4) is 28.6 Å². The van der Waals surface area contributed by atoms with Crippen molar-refractivity contribution in [1.29, 1.82) is 0 Å². The molecule has 0 atom stereocenters. The van der Waals surface area contributed by atoms with Crippen LogP contribution in [-0.4, -0.2) is 29.3 Å². The molecule has 27 heavy (non-hydrogen) atoms. The molecule has 7 heteroatoms. The first-order valence-corrected chi connectivity index (χ1v) is 10.6. The summed E-state index contributed by atoms with van der Waals surface area (Å²) >= 11 is 7.12. The van der Waals surface area contributed by atoms with E-state index >= 15 is 0 Å². The summed E-state index contributed by atoms with van der Waals surface area (Å²) in [6, 6.07) is 3.80. The highest BCUT2D eigenvalue weighted by atomic mass is 79.9. The van der Waals surface area contributed by atoms with Crippen LogP contribution >= 0.6 is 31.9 Å². The van der Waals surface area contributed by atoms with Gasteiger partial charge in [-0.05, 0) is 71.5 Å². The Balaban J connectivity index is 2.48. The summed E-state index contributed by atoms with van der Waals surface area (Å²) in [7, 11) is 1.63. The summed E-state index contributed by atoms with van der Waals surface area (Å²) in [5, 5.41) is 0. The Kier molecular flexibility index (Phi) is 7.91. The zero-order valence-electron chi connectivity index (χ0n) is 16.6. The number of benzene rings is 1. The third-order valence-electron chi connectivity index (χ3n) is 4.04. The zero-order valence-corrected chi connectivity index (χ0v) is 19.8. The van der Waals surface area contributed by atoms with Crippen molar-refractivity contribution < 1.29 is 14.2 Å². The van der Waals surface area contributed by atoms with Gasteiger partial charge in [0.15, 0.2) is 0 Å². The molecule has 0 radical (unpaired) electrons. The van der Waals surface area contributed by atoms with Crippen LogP contribution in [0.2, 0.25) is 0 Å². The standard InChI is InChI=1S/C20H26Br2N2O3/c1-7-13(8-2)27-20-12(5)23-18(19(22)24-20)14-9-15(21)17(26-11(3)4)10-16(14)25-6/h9-11,13H,7-8H2,1-6H3. The molecule has 0 fully saturated rings. The number of halogens is 2. The fraction of sp³-hybridized carbons (Fsp3) is 0.500. The summed E-state index contributed by atoms with van der Waals surface area (Å²) in [5.41, 5.74) is 2.25. The van der Waals surface area contributed by atoms with Crippen LogP contribution < -0.4 is 14.2 Å². The fourth-order valence-corrected chi connectivity index (χ4v) is 3.51. The number of aryl methyl sites for hydroxylation is 1. The zero-order chi connectivity index (χ0) is 20.1. The number of methoxy groups -OCH3 is 1. The first-order chi connectivity index (χ1) is 12.8. The Bertz CT molecular complexity index is 793. The second-order valence-corrected chi connectivity index (χ2v) is 8.06. The van der Waals surface area contributed by atoms with E-state index in [2.05, 4.69) is 50.7 Å². The number of nitrogens with zero attached hydrogens (tertiary/aromatic N) is 2. The molecule has 148 valence electrons. The predicted octanol–water partition coefficient (Wildman–Crippen LogP) is 6.34. The van der Waals surface area contributed by atoms with Gasteiger partial charge in [-0.1, -0.05) is 13.8 Å². The Hall–Kier alpha value is -1.34. The highest BCUT2D eigenvalue weighted by molar-refractivity contribution is 9.10. The van der Waals surface area contributed by atoms with Gasteiger partial charge < -0.3 is 14.2 Å². The number of hydrogen-bond donors (Lipinski definition) is 0. The second-order valence-electron chi connectivity index (χ2n) is 6.46. The van der Waals surface area contributed by atoms with Crippen LogP contribution in [0.3, 0.4) is 0 Å². The lowest BCUT2D eigenvalue weighted by Gasteiger charge is -2.18. The maximum absolute atomic E-state index is 5.99. The highest BCUT2D eigenvalue weighted by Crippen LogP contribution is 2.41. The molecular weight excluding hydrogens is 476 g/mol. The lowest BCUT2D eigenvalue weighted by Crippen LogP contribution is -2.16. The Morgan fingerprint density at radius 1 is 1.00 bits per heavy atom. The summed E-state index contributed by atoms with van der Waals surface area (Å²) in [6.07, 6.45) is 2.04. The van der Waals surface area contributed by atoms with Crippen LogP contribution in [0.1, 0.15) is 46.2 Å². The van der Waals surface area contributed by atoms with E-state index in [1.165, 1.54) is 0 Å². The molecule has 0 aliphatic heterocycles. The molecule has 0 N–H and O–H groups in total. The first-order valence-electron chi connectivity index (χ1n) is 9.05.